The maximum absolute atomic E-state index is 5.18. The molecule has 0 atom stereocenters. The summed E-state index contributed by atoms with van der Waals surface area (Å²) in [4.78, 5) is 13.0. The monoisotopic (exact) mass is 244 g/mol. The van der Waals surface area contributed by atoms with Gasteiger partial charge < -0.3 is 10.1 Å². The van der Waals surface area contributed by atoms with Crippen molar-refractivity contribution in [3.05, 3.63) is 29.8 Å². The van der Waals surface area contributed by atoms with Crippen LogP contribution in [0.4, 0.5) is 5.82 Å². The zero-order valence-electron chi connectivity index (χ0n) is 11.0. The molecule has 0 saturated carbocycles. The van der Waals surface area contributed by atoms with Crippen molar-refractivity contribution in [2.45, 2.75) is 13.8 Å². The predicted octanol–water partition coefficient (Wildman–Crippen LogP) is 2.21. The molecular weight excluding hydrogens is 228 g/mol. The summed E-state index contributed by atoms with van der Waals surface area (Å²) >= 11 is 0. The zero-order valence-corrected chi connectivity index (χ0v) is 11.0. The lowest BCUT2D eigenvalue weighted by Gasteiger charge is -2.11. The van der Waals surface area contributed by atoms with Gasteiger partial charge in [0.2, 0.25) is 0 Å². The smallest absolute Gasteiger partial charge is 0.137 e. The van der Waals surface area contributed by atoms with Gasteiger partial charge in [-0.15, -0.1) is 0 Å². The van der Waals surface area contributed by atoms with Crippen LogP contribution in [0.1, 0.15) is 11.4 Å². The lowest BCUT2D eigenvalue weighted by molar-refractivity contribution is 0.413. The predicted molar refractivity (Wildman–Crippen MR) is 70.8 cm³/mol. The molecule has 0 saturated heterocycles. The Morgan fingerprint density at radius 3 is 2.61 bits per heavy atom. The third-order valence-electron chi connectivity index (χ3n) is 2.72. The molecular formula is C13H16N4O. The normalized spacial score (nSPS) is 10.2. The fraction of sp³-hybridized carbons (Fsp3) is 0.308. The van der Waals surface area contributed by atoms with E-state index in [4.69, 9.17) is 4.74 Å². The number of nitrogens with one attached hydrogen (secondary N) is 1. The second-order valence-corrected chi connectivity index (χ2v) is 3.96. The highest BCUT2D eigenvalue weighted by Crippen LogP contribution is 2.27. The van der Waals surface area contributed by atoms with Gasteiger partial charge in [0.05, 0.1) is 19.0 Å². The first-order chi connectivity index (χ1) is 8.65. The molecule has 5 nitrogen and oxygen atoms in total. The van der Waals surface area contributed by atoms with Crippen molar-refractivity contribution in [2.75, 3.05) is 19.5 Å². The van der Waals surface area contributed by atoms with E-state index in [0.717, 1.165) is 28.5 Å². The zero-order chi connectivity index (χ0) is 13.1. The number of nitrogens with zero attached hydrogens (tertiary/aromatic N) is 3. The minimum absolute atomic E-state index is 0.717. The Labute approximate surface area is 106 Å². The number of ether oxygens (including phenoxy) is 1. The van der Waals surface area contributed by atoms with E-state index < -0.39 is 0 Å². The minimum Gasteiger partial charge on any atom is -0.495 e. The third-order valence-corrected chi connectivity index (χ3v) is 2.72. The topological polar surface area (TPSA) is 59.9 Å². The maximum Gasteiger partial charge on any atom is 0.137 e. The van der Waals surface area contributed by atoms with Crippen molar-refractivity contribution in [1.82, 2.24) is 15.0 Å². The lowest BCUT2D eigenvalue weighted by Crippen LogP contribution is -2.03. The van der Waals surface area contributed by atoms with E-state index >= 15 is 0 Å². The van der Waals surface area contributed by atoms with Crippen LogP contribution in [0.3, 0.4) is 0 Å². The molecule has 1 N–H and O–H groups in total. The summed E-state index contributed by atoms with van der Waals surface area (Å²) in [6, 6.07) is 1.92. The van der Waals surface area contributed by atoms with E-state index in [1.54, 1.807) is 19.5 Å². The summed E-state index contributed by atoms with van der Waals surface area (Å²) in [6.45, 7) is 3.86. The fourth-order valence-electron chi connectivity index (χ4n) is 1.81. The van der Waals surface area contributed by atoms with Crippen LogP contribution >= 0.6 is 0 Å². The summed E-state index contributed by atoms with van der Waals surface area (Å²) in [5.74, 6) is 2.28. The molecule has 0 aromatic carbocycles. The van der Waals surface area contributed by atoms with Crippen LogP contribution in [0.25, 0.3) is 11.3 Å². The maximum atomic E-state index is 5.18. The van der Waals surface area contributed by atoms with Crippen LogP contribution < -0.4 is 10.1 Å². The van der Waals surface area contributed by atoms with Crippen LogP contribution in [0.15, 0.2) is 18.5 Å². The van der Waals surface area contributed by atoms with Gasteiger partial charge in [0.25, 0.3) is 0 Å². The Balaban J connectivity index is 2.59. The van der Waals surface area contributed by atoms with Crippen LogP contribution in [0.2, 0.25) is 0 Å². The Morgan fingerprint density at radius 1 is 1.17 bits per heavy atom. The first-order valence-corrected chi connectivity index (χ1v) is 5.68. The molecule has 0 aliphatic heterocycles. The Bertz CT molecular complexity index is 569. The molecule has 2 rings (SSSR count). The van der Waals surface area contributed by atoms with Crippen LogP contribution in [0.5, 0.6) is 5.75 Å². The first kappa shape index (κ1) is 12.3. The SMILES string of the molecule is CNc1nc(C)nc(-c2cncc(OC)c2)c1C. The van der Waals surface area contributed by atoms with Gasteiger partial charge in [0.15, 0.2) is 0 Å². The molecule has 0 bridgehead atoms. The van der Waals surface area contributed by atoms with Crippen molar-refractivity contribution in [1.29, 1.82) is 0 Å². The summed E-state index contributed by atoms with van der Waals surface area (Å²) in [6.07, 6.45) is 3.45. The van der Waals surface area contributed by atoms with Crippen molar-refractivity contribution >= 4 is 5.82 Å². The average Bonchev–Trinajstić information content (AvgIpc) is 2.41. The van der Waals surface area contributed by atoms with E-state index in [2.05, 4.69) is 20.3 Å². The Morgan fingerprint density at radius 2 is 1.94 bits per heavy atom. The van der Waals surface area contributed by atoms with Gasteiger partial charge in [-0.25, -0.2) is 9.97 Å². The minimum atomic E-state index is 0.717. The number of aromatic nitrogens is 3. The molecule has 2 aromatic rings. The van der Waals surface area contributed by atoms with Gasteiger partial charge in [-0.1, -0.05) is 0 Å². The molecule has 0 aliphatic rings. The summed E-state index contributed by atoms with van der Waals surface area (Å²) < 4.78 is 5.18. The number of hydrogen-bond donors (Lipinski definition) is 1. The van der Waals surface area contributed by atoms with Crippen molar-refractivity contribution in [2.24, 2.45) is 0 Å². The summed E-state index contributed by atoms with van der Waals surface area (Å²) in [5, 5.41) is 3.07. The number of pyridine rings is 1. The molecule has 0 unspecified atom stereocenters. The van der Waals surface area contributed by atoms with Crippen molar-refractivity contribution in [3.63, 3.8) is 0 Å². The van der Waals surface area contributed by atoms with Crippen molar-refractivity contribution < 1.29 is 4.74 Å². The molecule has 2 heterocycles. The van der Waals surface area contributed by atoms with Gasteiger partial charge >= 0.3 is 0 Å². The number of rotatable bonds is 3. The highest BCUT2D eigenvalue weighted by atomic mass is 16.5. The van der Waals surface area contributed by atoms with Gasteiger partial charge in [-0.3, -0.25) is 4.98 Å². The molecule has 0 radical (unpaired) electrons. The van der Waals surface area contributed by atoms with Gasteiger partial charge in [0.1, 0.15) is 17.4 Å². The fourth-order valence-corrected chi connectivity index (χ4v) is 1.81. The summed E-state index contributed by atoms with van der Waals surface area (Å²) in [7, 11) is 3.47. The number of methoxy groups -OCH3 is 1. The highest BCUT2D eigenvalue weighted by molar-refractivity contribution is 5.68. The largest absolute Gasteiger partial charge is 0.495 e. The second-order valence-electron chi connectivity index (χ2n) is 3.96. The van der Waals surface area contributed by atoms with Crippen LogP contribution in [-0.2, 0) is 0 Å². The van der Waals surface area contributed by atoms with E-state index in [9.17, 15) is 0 Å². The molecule has 0 fully saturated rings. The molecule has 0 amide bonds. The van der Waals surface area contributed by atoms with Gasteiger partial charge in [-0.05, 0) is 19.9 Å². The Hall–Kier alpha value is -2.17. The third kappa shape index (κ3) is 2.25. The highest BCUT2D eigenvalue weighted by Gasteiger charge is 2.11. The number of anilines is 1. The van der Waals surface area contributed by atoms with E-state index in [1.807, 2.05) is 27.0 Å². The van der Waals surface area contributed by atoms with Gasteiger partial charge in [0, 0.05) is 24.4 Å². The molecule has 18 heavy (non-hydrogen) atoms. The Kier molecular flexibility index (Phi) is 3.41. The quantitative estimate of drug-likeness (QED) is 0.897. The second kappa shape index (κ2) is 5.00. The van der Waals surface area contributed by atoms with Crippen LogP contribution in [-0.4, -0.2) is 29.1 Å². The van der Waals surface area contributed by atoms with Gasteiger partial charge in [-0.2, -0.15) is 0 Å². The van der Waals surface area contributed by atoms with E-state index in [-0.39, 0.29) is 0 Å². The van der Waals surface area contributed by atoms with Crippen LogP contribution in [0, 0.1) is 13.8 Å². The summed E-state index contributed by atoms with van der Waals surface area (Å²) in [5.41, 5.74) is 2.80. The van der Waals surface area contributed by atoms with E-state index in [0.29, 0.717) is 5.75 Å². The molecule has 94 valence electrons. The molecule has 0 spiro atoms. The standard InChI is InChI=1S/C13H16N4O/c1-8-12(16-9(2)17-13(8)14-3)10-5-11(18-4)7-15-6-10/h5-7H,1-4H3,(H,14,16,17). The number of hydrogen-bond acceptors (Lipinski definition) is 5. The average molecular weight is 244 g/mol. The molecule has 2 aromatic heterocycles. The van der Waals surface area contributed by atoms with Crippen molar-refractivity contribution in [3.8, 4) is 17.0 Å². The lowest BCUT2D eigenvalue weighted by atomic mass is 10.1. The number of aryl methyl sites for hydroxylation is 1. The molecule has 0 aliphatic carbocycles. The van der Waals surface area contributed by atoms with E-state index in [1.165, 1.54) is 0 Å². The molecule has 5 heteroatoms. The first-order valence-electron chi connectivity index (χ1n) is 5.68.